The van der Waals surface area contributed by atoms with Crippen molar-refractivity contribution < 1.29 is 0 Å². The lowest BCUT2D eigenvalue weighted by Gasteiger charge is -2.30. The predicted octanol–water partition coefficient (Wildman–Crippen LogP) is 5.66. The molecule has 1 aliphatic rings. The van der Waals surface area contributed by atoms with Gasteiger partial charge >= 0.3 is 0 Å². The first-order chi connectivity index (χ1) is 14.6. The maximum Gasteiger partial charge on any atom is 0.137 e. The molecule has 4 rings (SSSR count). The zero-order valence-electron chi connectivity index (χ0n) is 18.4. The zero-order chi connectivity index (χ0) is 20.9. The summed E-state index contributed by atoms with van der Waals surface area (Å²) in [5.41, 5.74) is 5.89. The van der Waals surface area contributed by atoms with Gasteiger partial charge in [0.1, 0.15) is 11.6 Å². The van der Waals surface area contributed by atoms with Gasteiger partial charge in [-0.05, 0) is 69.0 Å². The number of rotatable bonds is 6. The summed E-state index contributed by atoms with van der Waals surface area (Å²) in [4.78, 5) is 11.9. The molecule has 0 unspecified atom stereocenters. The van der Waals surface area contributed by atoms with Crippen LogP contribution in [0.4, 0.5) is 11.5 Å². The Labute approximate surface area is 180 Å². The van der Waals surface area contributed by atoms with Crippen LogP contribution < -0.4 is 5.32 Å². The molecule has 0 radical (unpaired) electrons. The molecule has 1 N–H and O–H groups in total. The zero-order valence-corrected chi connectivity index (χ0v) is 18.4. The number of likely N-dealkylation sites (tertiary alicyclic amines) is 1. The molecule has 0 saturated carbocycles. The van der Waals surface area contributed by atoms with Gasteiger partial charge in [0.15, 0.2) is 0 Å². The topological polar surface area (TPSA) is 41.1 Å². The molecule has 30 heavy (non-hydrogen) atoms. The second-order valence-electron chi connectivity index (χ2n) is 8.63. The Morgan fingerprint density at radius 1 is 0.900 bits per heavy atom. The van der Waals surface area contributed by atoms with E-state index in [0.717, 1.165) is 47.5 Å². The van der Waals surface area contributed by atoms with Gasteiger partial charge < -0.3 is 5.32 Å². The SMILES string of the molecule is Cc1nc(C)c(Cc2ccccc2)c(Nc2ccc(CN3CCC(C)CC3)cc2)n1. The quantitative estimate of drug-likeness (QED) is 0.580. The molecule has 0 atom stereocenters. The first-order valence-corrected chi connectivity index (χ1v) is 11.0. The number of piperidine rings is 1. The Morgan fingerprint density at radius 2 is 1.60 bits per heavy atom. The lowest BCUT2D eigenvalue weighted by molar-refractivity contribution is 0.185. The highest BCUT2D eigenvalue weighted by Gasteiger charge is 2.16. The van der Waals surface area contributed by atoms with Crippen molar-refractivity contribution in [1.29, 1.82) is 0 Å². The van der Waals surface area contributed by atoms with Crippen LogP contribution in [0.25, 0.3) is 0 Å². The second kappa shape index (κ2) is 9.40. The van der Waals surface area contributed by atoms with Crippen molar-refractivity contribution in [3.63, 3.8) is 0 Å². The van der Waals surface area contributed by atoms with Crippen LogP contribution in [0.2, 0.25) is 0 Å². The van der Waals surface area contributed by atoms with Gasteiger partial charge in [-0.25, -0.2) is 9.97 Å². The molecule has 3 aromatic rings. The van der Waals surface area contributed by atoms with Crippen molar-refractivity contribution in [2.24, 2.45) is 5.92 Å². The smallest absolute Gasteiger partial charge is 0.137 e. The van der Waals surface area contributed by atoms with Gasteiger partial charge in [0.2, 0.25) is 0 Å². The fourth-order valence-electron chi connectivity index (χ4n) is 4.16. The summed E-state index contributed by atoms with van der Waals surface area (Å²) in [6.07, 6.45) is 3.45. The maximum absolute atomic E-state index is 4.72. The Hall–Kier alpha value is -2.72. The summed E-state index contributed by atoms with van der Waals surface area (Å²) >= 11 is 0. The Kier molecular flexibility index (Phi) is 6.44. The van der Waals surface area contributed by atoms with Crippen molar-refractivity contribution >= 4 is 11.5 Å². The van der Waals surface area contributed by atoms with E-state index in [1.165, 1.54) is 37.1 Å². The van der Waals surface area contributed by atoms with Crippen molar-refractivity contribution in [2.75, 3.05) is 18.4 Å². The average Bonchev–Trinajstić information content (AvgIpc) is 2.74. The van der Waals surface area contributed by atoms with E-state index >= 15 is 0 Å². The Morgan fingerprint density at radius 3 is 2.30 bits per heavy atom. The molecule has 4 heteroatoms. The molecule has 2 heterocycles. The van der Waals surface area contributed by atoms with Crippen molar-refractivity contribution in [2.45, 2.75) is 46.6 Å². The monoisotopic (exact) mass is 400 g/mol. The highest BCUT2D eigenvalue weighted by molar-refractivity contribution is 5.61. The fraction of sp³-hybridized carbons (Fsp3) is 0.385. The number of nitrogens with one attached hydrogen (secondary N) is 1. The summed E-state index contributed by atoms with van der Waals surface area (Å²) < 4.78 is 0. The predicted molar refractivity (Wildman–Crippen MR) is 124 cm³/mol. The van der Waals surface area contributed by atoms with Crippen LogP contribution in [0.1, 0.15) is 48.0 Å². The molecular formula is C26H32N4. The minimum atomic E-state index is 0.794. The number of benzene rings is 2. The summed E-state index contributed by atoms with van der Waals surface area (Å²) in [7, 11) is 0. The second-order valence-corrected chi connectivity index (χ2v) is 8.63. The van der Waals surface area contributed by atoms with Gasteiger partial charge in [-0.1, -0.05) is 49.4 Å². The molecular weight excluding hydrogens is 368 g/mol. The standard InChI is InChI=1S/C26H32N4/c1-19-13-15-30(16-14-19)18-23-9-11-24(12-10-23)29-26-25(20(2)27-21(3)28-26)17-22-7-5-4-6-8-22/h4-12,19H,13-18H2,1-3H3,(H,27,28,29). The lowest BCUT2D eigenvalue weighted by Crippen LogP contribution is -2.32. The third-order valence-electron chi connectivity index (χ3n) is 6.05. The number of aryl methyl sites for hydroxylation is 2. The molecule has 1 aliphatic heterocycles. The normalized spacial score (nSPS) is 15.3. The van der Waals surface area contributed by atoms with E-state index in [1.54, 1.807) is 0 Å². The molecule has 0 aliphatic carbocycles. The van der Waals surface area contributed by atoms with Crippen molar-refractivity contribution in [3.8, 4) is 0 Å². The third kappa shape index (κ3) is 5.25. The van der Waals surface area contributed by atoms with E-state index in [9.17, 15) is 0 Å². The highest BCUT2D eigenvalue weighted by atomic mass is 15.1. The molecule has 4 nitrogen and oxygen atoms in total. The van der Waals surface area contributed by atoms with Crippen LogP contribution in [-0.2, 0) is 13.0 Å². The molecule has 0 amide bonds. The summed E-state index contributed by atoms with van der Waals surface area (Å²) in [6, 6.07) is 19.3. The number of anilines is 2. The Bertz CT molecular complexity index is 958. The average molecular weight is 401 g/mol. The maximum atomic E-state index is 4.72. The van der Waals surface area contributed by atoms with Gasteiger partial charge in [0.05, 0.1) is 0 Å². The van der Waals surface area contributed by atoms with Crippen LogP contribution in [0.5, 0.6) is 0 Å². The molecule has 1 fully saturated rings. The van der Waals surface area contributed by atoms with Crippen LogP contribution in [-0.4, -0.2) is 28.0 Å². The number of nitrogens with zero attached hydrogens (tertiary/aromatic N) is 3. The molecule has 156 valence electrons. The van der Waals surface area contributed by atoms with Crippen LogP contribution in [0.15, 0.2) is 54.6 Å². The fourth-order valence-corrected chi connectivity index (χ4v) is 4.16. The van der Waals surface area contributed by atoms with Gasteiger partial charge in [0, 0.05) is 29.9 Å². The summed E-state index contributed by atoms with van der Waals surface area (Å²) in [5.74, 6) is 2.57. The minimum Gasteiger partial charge on any atom is -0.340 e. The van der Waals surface area contributed by atoms with Crippen molar-refractivity contribution in [3.05, 3.63) is 82.8 Å². The van der Waals surface area contributed by atoms with E-state index in [-0.39, 0.29) is 0 Å². The van der Waals surface area contributed by atoms with E-state index in [2.05, 4.69) is 77.6 Å². The molecule has 0 bridgehead atoms. The van der Waals surface area contributed by atoms with E-state index < -0.39 is 0 Å². The largest absolute Gasteiger partial charge is 0.340 e. The lowest BCUT2D eigenvalue weighted by atomic mass is 9.99. The number of hydrogen-bond donors (Lipinski definition) is 1. The summed E-state index contributed by atoms with van der Waals surface area (Å²) in [6.45, 7) is 9.85. The first kappa shape index (κ1) is 20.5. The van der Waals surface area contributed by atoms with E-state index in [4.69, 9.17) is 4.98 Å². The molecule has 1 aromatic heterocycles. The van der Waals surface area contributed by atoms with Gasteiger partial charge in [-0.15, -0.1) is 0 Å². The van der Waals surface area contributed by atoms with E-state index in [0.29, 0.717) is 0 Å². The molecule has 2 aromatic carbocycles. The summed E-state index contributed by atoms with van der Waals surface area (Å²) in [5, 5.41) is 3.55. The van der Waals surface area contributed by atoms with Crippen LogP contribution >= 0.6 is 0 Å². The highest BCUT2D eigenvalue weighted by Crippen LogP contribution is 2.25. The number of hydrogen-bond acceptors (Lipinski definition) is 4. The minimum absolute atomic E-state index is 0.794. The van der Waals surface area contributed by atoms with Crippen LogP contribution in [0, 0.1) is 19.8 Å². The first-order valence-electron chi connectivity index (χ1n) is 11.0. The molecule has 1 saturated heterocycles. The van der Waals surface area contributed by atoms with Gasteiger partial charge in [-0.2, -0.15) is 0 Å². The molecule has 0 spiro atoms. The van der Waals surface area contributed by atoms with E-state index in [1.807, 2.05) is 13.0 Å². The number of aromatic nitrogens is 2. The van der Waals surface area contributed by atoms with Crippen LogP contribution in [0.3, 0.4) is 0 Å². The third-order valence-corrected chi connectivity index (χ3v) is 6.05. The Balaban J connectivity index is 1.48. The van der Waals surface area contributed by atoms with Gasteiger partial charge in [-0.3, -0.25) is 4.90 Å². The van der Waals surface area contributed by atoms with Crippen molar-refractivity contribution in [1.82, 2.24) is 14.9 Å². The van der Waals surface area contributed by atoms with Gasteiger partial charge in [0.25, 0.3) is 0 Å².